The molecule has 0 saturated carbocycles. The van der Waals surface area contributed by atoms with Crippen LogP contribution in [0.4, 0.5) is 10.5 Å². The van der Waals surface area contributed by atoms with Crippen LogP contribution in [0.2, 0.25) is 0 Å². The summed E-state index contributed by atoms with van der Waals surface area (Å²) >= 11 is 4.53. The number of amides is 1. The van der Waals surface area contributed by atoms with Gasteiger partial charge in [0.15, 0.2) is 0 Å². The van der Waals surface area contributed by atoms with Crippen LogP contribution in [0.1, 0.15) is 24.8 Å². The first kappa shape index (κ1) is 19.9. The number of hydrogen-bond donors (Lipinski definition) is 2. The van der Waals surface area contributed by atoms with E-state index >= 15 is 0 Å². The summed E-state index contributed by atoms with van der Waals surface area (Å²) in [4.78, 5) is 26.8. The average Bonchev–Trinajstić information content (AvgIpc) is 3.26. The number of aliphatic hydroxyl groups excluding tert-OH is 1. The predicted molar refractivity (Wildman–Crippen MR) is 103 cm³/mol. The number of aliphatic hydroxyl groups is 1. The topological polar surface area (TPSA) is 96.1 Å². The van der Waals surface area contributed by atoms with E-state index in [2.05, 4.69) is 17.5 Å². The lowest BCUT2D eigenvalue weighted by atomic mass is 10.2. The summed E-state index contributed by atoms with van der Waals surface area (Å²) in [5, 5.41) is 20.3. The molecule has 3 atom stereocenters. The number of thiol groups is 1. The van der Waals surface area contributed by atoms with Crippen LogP contribution in [0.3, 0.4) is 0 Å². The maximum Gasteiger partial charge on any atom is 0.410 e. The summed E-state index contributed by atoms with van der Waals surface area (Å²) in [6.07, 6.45) is 2.45. The number of non-ortho nitro benzene ring substituents is 1. The molecule has 1 amide bonds. The lowest BCUT2D eigenvalue weighted by molar-refractivity contribution is -0.384. The minimum Gasteiger partial charge on any atom is -0.445 e. The van der Waals surface area contributed by atoms with E-state index in [0.29, 0.717) is 12.1 Å². The Labute approximate surface area is 163 Å². The van der Waals surface area contributed by atoms with Crippen LogP contribution in [0, 0.1) is 10.1 Å². The normalized spacial score (nSPS) is 25.7. The highest BCUT2D eigenvalue weighted by Gasteiger charge is 2.37. The number of carbonyl (C=O) groups excluding carboxylic acids is 1. The Balaban J connectivity index is 1.56. The van der Waals surface area contributed by atoms with E-state index in [1.165, 1.54) is 12.1 Å². The minimum absolute atomic E-state index is 0.00616. The zero-order chi connectivity index (χ0) is 19.4. The molecule has 2 aliphatic rings. The molecule has 0 spiro atoms. The molecule has 8 nitrogen and oxygen atoms in total. The molecule has 0 radical (unpaired) electrons. The molecule has 27 heavy (non-hydrogen) atoms. The Morgan fingerprint density at radius 1 is 1.33 bits per heavy atom. The van der Waals surface area contributed by atoms with Gasteiger partial charge in [-0.1, -0.05) is 0 Å². The Morgan fingerprint density at radius 2 is 2.07 bits per heavy atom. The zero-order valence-electron chi connectivity index (χ0n) is 15.1. The maximum atomic E-state index is 12.6. The van der Waals surface area contributed by atoms with Crippen LogP contribution >= 0.6 is 12.6 Å². The fourth-order valence-corrected chi connectivity index (χ4v) is 4.26. The van der Waals surface area contributed by atoms with Gasteiger partial charge in [-0.2, -0.15) is 12.6 Å². The molecule has 2 fully saturated rings. The number of carbonyl (C=O) groups is 1. The van der Waals surface area contributed by atoms with Crippen LogP contribution in [-0.2, 0) is 11.3 Å². The van der Waals surface area contributed by atoms with E-state index < -0.39 is 11.0 Å². The minimum atomic E-state index is -0.463. The van der Waals surface area contributed by atoms with Crippen LogP contribution in [0.5, 0.6) is 0 Å². The standard InChI is InChI=1S/C18H25N3O5S/c22-11-15-2-1-7-19(15)9-16-8-17(27)10-20(16)18(23)26-12-13-3-5-14(6-4-13)21(24)25/h3-6,15-17,22,27H,1-2,7-12H2/t15-,16-,17-/m0/s1. The smallest absolute Gasteiger partial charge is 0.410 e. The van der Waals surface area contributed by atoms with Crippen LogP contribution in [0.15, 0.2) is 24.3 Å². The molecule has 0 unspecified atom stereocenters. The van der Waals surface area contributed by atoms with Crippen molar-refractivity contribution in [1.82, 2.24) is 9.80 Å². The van der Waals surface area contributed by atoms with Crippen molar-refractivity contribution in [3.63, 3.8) is 0 Å². The van der Waals surface area contributed by atoms with Gasteiger partial charge in [0, 0.05) is 42.6 Å². The van der Waals surface area contributed by atoms with Gasteiger partial charge in [0.25, 0.3) is 5.69 Å². The second kappa shape index (κ2) is 8.90. The molecule has 0 aliphatic carbocycles. The van der Waals surface area contributed by atoms with Crippen molar-refractivity contribution in [2.24, 2.45) is 0 Å². The molecule has 1 aromatic carbocycles. The fourth-order valence-electron chi connectivity index (χ4n) is 3.84. The first-order valence-corrected chi connectivity index (χ1v) is 9.69. The van der Waals surface area contributed by atoms with Crippen LogP contribution < -0.4 is 0 Å². The molecule has 0 bridgehead atoms. The maximum absolute atomic E-state index is 12.6. The van der Waals surface area contributed by atoms with Crippen LogP contribution in [0.25, 0.3) is 0 Å². The Hall–Kier alpha value is -1.84. The number of nitrogens with zero attached hydrogens (tertiary/aromatic N) is 3. The summed E-state index contributed by atoms with van der Waals surface area (Å²) in [5.74, 6) is 0. The van der Waals surface area contributed by atoms with E-state index in [9.17, 15) is 20.0 Å². The van der Waals surface area contributed by atoms with Crippen LogP contribution in [-0.4, -0.2) is 69.5 Å². The molecule has 1 aromatic rings. The van der Waals surface area contributed by atoms with Gasteiger partial charge >= 0.3 is 6.09 Å². The third-order valence-corrected chi connectivity index (χ3v) is 5.67. The van der Waals surface area contributed by atoms with Crippen molar-refractivity contribution in [3.05, 3.63) is 39.9 Å². The number of likely N-dealkylation sites (tertiary alicyclic amines) is 2. The summed E-state index contributed by atoms with van der Waals surface area (Å²) in [6, 6.07) is 6.16. The highest BCUT2D eigenvalue weighted by molar-refractivity contribution is 7.81. The molecule has 2 aliphatic heterocycles. The molecular weight excluding hydrogens is 370 g/mol. The SMILES string of the molecule is O=C(OCc1ccc([N+](=O)[O-])cc1)N1C[C@@H](S)C[C@H]1CN1CCC[C@H]1CO. The Morgan fingerprint density at radius 3 is 2.74 bits per heavy atom. The van der Waals surface area contributed by atoms with Gasteiger partial charge in [0.2, 0.25) is 0 Å². The van der Waals surface area contributed by atoms with Gasteiger partial charge in [-0.05, 0) is 43.5 Å². The first-order chi connectivity index (χ1) is 13.0. The number of nitro groups is 1. The quantitative estimate of drug-likeness (QED) is 0.435. The van der Waals surface area contributed by atoms with Crippen molar-refractivity contribution in [1.29, 1.82) is 0 Å². The lowest BCUT2D eigenvalue weighted by Crippen LogP contribution is -2.45. The second-order valence-electron chi connectivity index (χ2n) is 7.15. The van der Waals surface area contributed by atoms with Gasteiger partial charge in [0.1, 0.15) is 6.61 Å². The molecule has 9 heteroatoms. The summed E-state index contributed by atoms with van der Waals surface area (Å²) in [5.41, 5.74) is 0.707. The highest BCUT2D eigenvalue weighted by atomic mass is 32.1. The molecule has 3 rings (SSSR count). The van der Waals surface area contributed by atoms with Gasteiger partial charge in [0.05, 0.1) is 11.5 Å². The molecule has 2 saturated heterocycles. The van der Waals surface area contributed by atoms with E-state index in [4.69, 9.17) is 4.74 Å². The Bertz CT molecular complexity index is 671. The largest absolute Gasteiger partial charge is 0.445 e. The first-order valence-electron chi connectivity index (χ1n) is 9.17. The molecule has 148 valence electrons. The van der Waals surface area contributed by atoms with Crippen molar-refractivity contribution in [2.75, 3.05) is 26.2 Å². The highest BCUT2D eigenvalue weighted by Crippen LogP contribution is 2.26. The summed E-state index contributed by atoms with van der Waals surface area (Å²) in [7, 11) is 0. The number of ether oxygens (including phenoxy) is 1. The molecule has 2 heterocycles. The monoisotopic (exact) mass is 395 g/mol. The second-order valence-corrected chi connectivity index (χ2v) is 7.88. The van der Waals surface area contributed by atoms with Gasteiger partial charge in [-0.25, -0.2) is 4.79 Å². The van der Waals surface area contributed by atoms with E-state index in [1.54, 1.807) is 17.0 Å². The number of hydrogen-bond acceptors (Lipinski definition) is 7. The molecular formula is C18H25N3O5S. The number of rotatable bonds is 6. The van der Waals surface area contributed by atoms with E-state index in [-0.39, 0.29) is 36.2 Å². The molecule has 0 aromatic heterocycles. The van der Waals surface area contributed by atoms with Crippen molar-refractivity contribution >= 4 is 24.4 Å². The third-order valence-electron chi connectivity index (χ3n) is 5.29. The fraction of sp³-hybridized carbons (Fsp3) is 0.611. The van der Waals surface area contributed by atoms with Gasteiger partial charge in [-0.3, -0.25) is 15.0 Å². The average molecular weight is 395 g/mol. The van der Waals surface area contributed by atoms with Crippen molar-refractivity contribution in [2.45, 2.75) is 43.2 Å². The predicted octanol–water partition coefficient (Wildman–Crippen LogP) is 2.06. The van der Waals surface area contributed by atoms with Gasteiger partial charge in [-0.15, -0.1) is 0 Å². The Kier molecular flexibility index (Phi) is 6.56. The zero-order valence-corrected chi connectivity index (χ0v) is 16.0. The van der Waals surface area contributed by atoms with Crippen molar-refractivity contribution in [3.8, 4) is 0 Å². The molecule has 1 N–H and O–H groups in total. The number of nitro benzene ring substituents is 1. The lowest BCUT2D eigenvalue weighted by Gasteiger charge is -2.30. The summed E-state index contributed by atoms with van der Waals surface area (Å²) in [6.45, 7) is 2.39. The number of benzene rings is 1. The van der Waals surface area contributed by atoms with Gasteiger partial charge < -0.3 is 14.7 Å². The van der Waals surface area contributed by atoms with E-state index in [1.807, 2.05) is 0 Å². The van der Waals surface area contributed by atoms with E-state index in [0.717, 1.165) is 32.4 Å². The summed E-state index contributed by atoms with van der Waals surface area (Å²) < 4.78 is 5.42. The van der Waals surface area contributed by atoms with Crippen molar-refractivity contribution < 1.29 is 19.6 Å². The third kappa shape index (κ3) is 4.91.